The van der Waals surface area contributed by atoms with E-state index in [1.165, 1.54) is 77.0 Å². The van der Waals surface area contributed by atoms with Crippen LogP contribution in [0.1, 0.15) is 252 Å². The van der Waals surface area contributed by atoms with Crippen LogP contribution in [0.25, 0.3) is 0 Å². The van der Waals surface area contributed by atoms with Crippen molar-refractivity contribution < 1.29 is 28.6 Å². The number of carbonyl (C=O) groups excluding carboxylic acids is 3. The summed E-state index contributed by atoms with van der Waals surface area (Å²) < 4.78 is 16.8. The van der Waals surface area contributed by atoms with Gasteiger partial charge in [0.2, 0.25) is 0 Å². The first-order valence-corrected chi connectivity index (χ1v) is 31.6. The maximum Gasteiger partial charge on any atom is 0.306 e. The van der Waals surface area contributed by atoms with Gasteiger partial charge in [-0.1, -0.05) is 268 Å². The van der Waals surface area contributed by atoms with Crippen LogP contribution in [0.5, 0.6) is 0 Å². The molecule has 0 saturated carbocycles. The van der Waals surface area contributed by atoms with E-state index in [4.69, 9.17) is 14.2 Å². The van der Waals surface area contributed by atoms with Crippen LogP contribution in [-0.4, -0.2) is 37.2 Å². The summed E-state index contributed by atoms with van der Waals surface area (Å²) in [5.41, 5.74) is 0. The Hall–Kier alpha value is -5.23. The monoisotopic (exact) mass is 1090 g/mol. The summed E-state index contributed by atoms with van der Waals surface area (Å²) >= 11 is 0. The molecule has 0 amide bonds. The summed E-state index contributed by atoms with van der Waals surface area (Å²) in [5, 5.41) is 0. The van der Waals surface area contributed by atoms with Crippen LogP contribution in [0.3, 0.4) is 0 Å². The van der Waals surface area contributed by atoms with Gasteiger partial charge in [0.15, 0.2) is 6.10 Å². The van der Waals surface area contributed by atoms with Gasteiger partial charge in [0.25, 0.3) is 0 Å². The minimum Gasteiger partial charge on any atom is -0.462 e. The molecule has 0 saturated heterocycles. The van der Waals surface area contributed by atoms with Crippen molar-refractivity contribution in [2.45, 2.75) is 258 Å². The molecule has 0 aromatic carbocycles. The molecule has 6 heteroatoms. The molecule has 0 aromatic rings. The summed E-state index contributed by atoms with van der Waals surface area (Å²) in [6.45, 7) is 6.18. The SMILES string of the molecule is CC/C=C\C/C=C\C/C=C\C/C=C\C/C=C\C/C=C\CCCCCCCCCCCCCCCCC(=O)OCC(COC(=O)CC/C=C\C/C=C\C/C=C\C/C=C\CC)OC(=O)CCCC/C=C\C/C=C\C/C=C\C/C=C\CC. The highest BCUT2D eigenvalue weighted by atomic mass is 16.6. The zero-order valence-corrected chi connectivity index (χ0v) is 50.6. The molecule has 0 aliphatic carbocycles. The average molecular weight is 1090 g/mol. The number of allylic oxidation sites excluding steroid dienone is 28. The Morgan fingerprint density at radius 1 is 0.253 bits per heavy atom. The van der Waals surface area contributed by atoms with Gasteiger partial charge in [-0.2, -0.15) is 0 Å². The maximum absolute atomic E-state index is 12.8. The van der Waals surface area contributed by atoms with Gasteiger partial charge >= 0.3 is 17.9 Å². The van der Waals surface area contributed by atoms with E-state index >= 15 is 0 Å². The third-order valence-electron chi connectivity index (χ3n) is 12.7. The molecule has 6 nitrogen and oxygen atoms in total. The first-order chi connectivity index (χ1) is 39.0. The molecule has 442 valence electrons. The van der Waals surface area contributed by atoms with Crippen LogP contribution in [0.15, 0.2) is 170 Å². The van der Waals surface area contributed by atoms with Crippen molar-refractivity contribution >= 4 is 17.9 Å². The van der Waals surface area contributed by atoms with Crippen LogP contribution < -0.4 is 0 Å². The van der Waals surface area contributed by atoms with Crippen LogP contribution >= 0.6 is 0 Å². The fourth-order valence-electron chi connectivity index (χ4n) is 8.10. The molecule has 0 rings (SSSR count). The average Bonchev–Trinajstić information content (AvgIpc) is 3.45. The number of esters is 3. The van der Waals surface area contributed by atoms with Gasteiger partial charge in [-0.15, -0.1) is 0 Å². The van der Waals surface area contributed by atoms with E-state index in [0.29, 0.717) is 19.3 Å². The van der Waals surface area contributed by atoms with Crippen molar-refractivity contribution in [3.05, 3.63) is 170 Å². The largest absolute Gasteiger partial charge is 0.462 e. The fourth-order valence-corrected chi connectivity index (χ4v) is 8.10. The lowest BCUT2D eigenvalue weighted by molar-refractivity contribution is -0.166. The summed E-state index contributed by atoms with van der Waals surface area (Å²) in [5.74, 6) is -1.06. The van der Waals surface area contributed by atoms with Crippen LogP contribution in [0.2, 0.25) is 0 Å². The van der Waals surface area contributed by atoms with Crippen molar-refractivity contribution in [2.75, 3.05) is 13.2 Å². The van der Waals surface area contributed by atoms with Gasteiger partial charge in [-0.05, 0) is 135 Å². The third-order valence-corrected chi connectivity index (χ3v) is 12.7. The van der Waals surface area contributed by atoms with Gasteiger partial charge in [0.05, 0.1) is 0 Å². The molecule has 0 aliphatic rings. The lowest BCUT2D eigenvalue weighted by atomic mass is 10.0. The van der Waals surface area contributed by atoms with Gasteiger partial charge in [-0.3, -0.25) is 14.4 Å². The van der Waals surface area contributed by atoms with E-state index in [-0.39, 0.29) is 44.0 Å². The molecule has 0 aliphatic heterocycles. The van der Waals surface area contributed by atoms with Crippen molar-refractivity contribution in [3.8, 4) is 0 Å². The Kier molecular flexibility index (Phi) is 61.0. The van der Waals surface area contributed by atoms with Gasteiger partial charge < -0.3 is 14.2 Å². The van der Waals surface area contributed by atoms with E-state index in [9.17, 15) is 14.4 Å². The number of carbonyl (C=O) groups is 3. The standard InChI is InChI=1S/C73H114O6/c1-4-7-10-13-16-19-22-25-27-28-29-30-31-32-33-34-35-36-37-38-39-40-41-42-43-44-46-48-51-54-57-60-63-66-72(75)78-69-70(68-77-71(74)65-62-59-56-53-50-47-24-21-18-15-12-9-6-3)79-73(76)67-64-61-58-55-52-49-45-26-23-20-17-14-11-8-5-2/h7-12,16-21,25-27,29-30,32-33,35-36,45,47,50,52,55-56,59,70H,4-6,13-15,22-24,28,31,34,37-44,46,48-49,51,53-54,57-58,60-69H2,1-3H3/b10-7-,11-8-,12-9-,19-16-,20-17-,21-18-,27-25-,30-29-,33-32-,36-35-,45-26-,50-47-,55-52-,59-56-. The molecule has 0 N–H and O–H groups in total. The number of hydrogen-bond donors (Lipinski definition) is 0. The second-order valence-corrected chi connectivity index (χ2v) is 20.2. The lowest BCUT2D eigenvalue weighted by Crippen LogP contribution is -2.30. The Labute approximate surface area is 485 Å². The Bertz CT molecular complexity index is 1820. The Morgan fingerprint density at radius 2 is 0.481 bits per heavy atom. The first-order valence-electron chi connectivity index (χ1n) is 31.6. The molecule has 0 aromatic heterocycles. The number of hydrogen-bond acceptors (Lipinski definition) is 6. The van der Waals surface area contributed by atoms with Gasteiger partial charge in [0.1, 0.15) is 13.2 Å². The predicted octanol–water partition coefficient (Wildman–Crippen LogP) is 21.9. The van der Waals surface area contributed by atoms with Crippen LogP contribution in [0, 0.1) is 0 Å². The second kappa shape index (κ2) is 65.3. The summed E-state index contributed by atoms with van der Waals surface area (Å²) in [4.78, 5) is 38.2. The quantitative estimate of drug-likeness (QED) is 0.0261. The van der Waals surface area contributed by atoms with Crippen molar-refractivity contribution in [1.82, 2.24) is 0 Å². The van der Waals surface area contributed by atoms with Crippen LogP contribution in [-0.2, 0) is 28.6 Å². The van der Waals surface area contributed by atoms with E-state index in [1.807, 2.05) is 12.2 Å². The van der Waals surface area contributed by atoms with Gasteiger partial charge in [-0.25, -0.2) is 0 Å². The molecule has 0 heterocycles. The Morgan fingerprint density at radius 3 is 0.810 bits per heavy atom. The normalized spacial score (nSPS) is 13.3. The van der Waals surface area contributed by atoms with Crippen molar-refractivity contribution in [3.63, 3.8) is 0 Å². The summed E-state index contributed by atoms with van der Waals surface area (Å²) in [7, 11) is 0. The molecule has 0 radical (unpaired) electrons. The second-order valence-electron chi connectivity index (χ2n) is 20.2. The molecular formula is C73H114O6. The van der Waals surface area contributed by atoms with E-state index in [1.54, 1.807) is 0 Å². The predicted molar refractivity (Wildman–Crippen MR) is 343 cm³/mol. The minimum atomic E-state index is -0.836. The van der Waals surface area contributed by atoms with Crippen LogP contribution in [0.4, 0.5) is 0 Å². The number of ether oxygens (including phenoxy) is 3. The highest BCUT2D eigenvalue weighted by Crippen LogP contribution is 2.15. The zero-order valence-electron chi connectivity index (χ0n) is 50.6. The maximum atomic E-state index is 12.8. The highest BCUT2D eigenvalue weighted by molar-refractivity contribution is 5.71. The number of rotatable bonds is 55. The van der Waals surface area contributed by atoms with E-state index < -0.39 is 6.10 Å². The lowest BCUT2D eigenvalue weighted by Gasteiger charge is -2.18. The summed E-state index contributed by atoms with van der Waals surface area (Å²) in [6, 6.07) is 0. The summed E-state index contributed by atoms with van der Waals surface area (Å²) in [6.07, 6.45) is 96.8. The Balaban J connectivity index is 4.28. The third kappa shape index (κ3) is 63.5. The molecule has 1 unspecified atom stereocenters. The smallest absolute Gasteiger partial charge is 0.306 e. The van der Waals surface area contributed by atoms with Crippen molar-refractivity contribution in [1.29, 1.82) is 0 Å². The molecular weight excluding hydrogens is 973 g/mol. The number of unbranched alkanes of at least 4 members (excludes halogenated alkanes) is 16. The molecule has 0 bridgehead atoms. The van der Waals surface area contributed by atoms with Gasteiger partial charge in [0, 0.05) is 19.3 Å². The van der Waals surface area contributed by atoms with E-state index in [0.717, 1.165) is 122 Å². The molecule has 0 fully saturated rings. The minimum absolute atomic E-state index is 0.123. The zero-order chi connectivity index (χ0) is 57.1. The molecule has 0 spiro atoms. The highest BCUT2D eigenvalue weighted by Gasteiger charge is 2.19. The van der Waals surface area contributed by atoms with E-state index in [2.05, 4.69) is 179 Å². The fraction of sp³-hybridized carbons (Fsp3) is 0.575. The topological polar surface area (TPSA) is 78.9 Å². The van der Waals surface area contributed by atoms with Crippen molar-refractivity contribution in [2.24, 2.45) is 0 Å². The molecule has 79 heavy (non-hydrogen) atoms. The molecule has 1 atom stereocenters. The first kappa shape index (κ1) is 73.8.